The van der Waals surface area contributed by atoms with Gasteiger partial charge in [-0.15, -0.1) is 0 Å². The summed E-state index contributed by atoms with van der Waals surface area (Å²) in [6, 6.07) is 8.37. The molecule has 3 aromatic rings. The van der Waals surface area contributed by atoms with Crippen LogP contribution in [-0.4, -0.2) is 62.1 Å². The molecule has 188 valence electrons. The average Bonchev–Trinajstić information content (AvgIpc) is 3.41. The summed E-state index contributed by atoms with van der Waals surface area (Å²) in [4.78, 5) is 24.3. The predicted octanol–water partition coefficient (Wildman–Crippen LogP) is 1.80. The van der Waals surface area contributed by atoms with E-state index in [9.17, 15) is 14.5 Å². The number of rotatable bonds is 10. The van der Waals surface area contributed by atoms with Crippen molar-refractivity contribution in [3.63, 3.8) is 0 Å². The first kappa shape index (κ1) is 25.0. The molecule has 35 heavy (non-hydrogen) atoms. The van der Waals surface area contributed by atoms with Gasteiger partial charge in [-0.25, -0.2) is 24.6 Å². The molecular weight excluding hydrogens is 479 g/mol. The van der Waals surface area contributed by atoms with E-state index in [1.807, 2.05) is 0 Å². The number of nitrogens with one attached hydrogen (secondary N) is 1. The molecule has 4 atom stereocenters. The molecule has 4 rings (SSSR count). The minimum Gasteiger partial charge on any atom is -0.462 e. The fraction of sp³-hybridized carbons (Fsp3) is 0.429. The molecule has 14 heteroatoms. The molecule has 1 aliphatic rings. The zero-order valence-corrected chi connectivity index (χ0v) is 20.1. The standard InChI is InChI=1S/C21H27N6O7P/c1-13(2)32-18(29)9-26-35(30,34-14-6-4-3-5-7-14)31-10-16-15(28)8-17(33-16)27-12-25-19-20(22)23-11-24-21(19)27/h3-7,11-13,15-17,28H,8-10H2,1-2H3,(H,26,30)(H2,22,23,24)/t15-,16?,17-,35?/m1/s1. The third kappa shape index (κ3) is 6.13. The van der Waals surface area contributed by atoms with Crippen LogP contribution in [0.15, 0.2) is 43.0 Å². The van der Waals surface area contributed by atoms with Gasteiger partial charge in [0.2, 0.25) is 0 Å². The smallest absolute Gasteiger partial charge is 0.459 e. The molecule has 0 amide bonds. The minimum absolute atomic E-state index is 0.210. The van der Waals surface area contributed by atoms with Crippen molar-refractivity contribution in [1.29, 1.82) is 0 Å². The Bertz CT molecular complexity index is 1210. The number of esters is 1. The van der Waals surface area contributed by atoms with E-state index in [0.717, 1.165) is 0 Å². The number of para-hydroxylation sites is 1. The number of imidazole rings is 1. The summed E-state index contributed by atoms with van der Waals surface area (Å²) in [6.07, 6.45) is 0.305. The number of carbonyl (C=O) groups excluding carboxylic acids is 1. The summed E-state index contributed by atoms with van der Waals surface area (Å²) in [6.45, 7) is 2.72. The zero-order chi connectivity index (χ0) is 25.0. The van der Waals surface area contributed by atoms with Crippen LogP contribution in [0.1, 0.15) is 26.5 Å². The van der Waals surface area contributed by atoms with E-state index in [4.69, 9.17) is 24.3 Å². The fourth-order valence-corrected chi connectivity index (χ4v) is 4.75. The number of hydrogen-bond acceptors (Lipinski definition) is 11. The Morgan fingerprint density at radius 1 is 1.31 bits per heavy atom. The van der Waals surface area contributed by atoms with Crippen molar-refractivity contribution in [1.82, 2.24) is 24.6 Å². The molecular formula is C21H27N6O7P. The monoisotopic (exact) mass is 506 g/mol. The summed E-state index contributed by atoms with van der Waals surface area (Å²) < 4.78 is 37.2. The molecule has 0 radical (unpaired) electrons. The van der Waals surface area contributed by atoms with Gasteiger partial charge in [0.25, 0.3) is 0 Å². The van der Waals surface area contributed by atoms with E-state index in [1.54, 1.807) is 48.7 Å². The normalized spacial score (nSPS) is 21.8. The summed E-state index contributed by atoms with van der Waals surface area (Å²) in [5, 5.41) is 13.1. The van der Waals surface area contributed by atoms with Crippen LogP contribution < -0.4 is 15.3 Å². The van der Waals surface area contributed by atoms with Crippen LogP contribution in [0.5, 0.6) is 5.75 Å². The highest BCUT2D eigenvalue weighted by molar-refractivity contribution is 7.52. The van der Waals surface area contributed by atoms with Gasteiger partial charge in [-0.2, -0.15) is 0 Å². The maximum Gasteiger partial charge on any atom is 0.459 e. The van der Waals surface area contributed by atoms with Gasteiger partial charge in [-0.05, 0) is 26.0 Å². The Labute approximate surface area is 201 Å². The number of aliphatic hydroxyl groups excluding tert-OH is 1. The van der Waals surface area contributed by atoms with Crippen LogP contribution in [0.25, 0.3) is 11.2 Å². The van der Waals surface area contributed by atoms with Crippen molar-refractivity contribution in [3.05, 3.63) is 43.0 Å². The summed E-state index contributed by atoms with van der Waals surface area (Å²) in [5.74, 6) is -0.118. The number of aliphatic hydroxyl groups is 1. The molecule has 0 aliphatic carbocycles. The summed E-state index contributed by atoms with van der Waals surface area (Å²) >= 11 is 0. The van der Waals surface area contributed by atoms with Crippen molar-refractivity contribution in [2.45, 2.75) is 44.8 Å². The lowest BCUT2D eigenvalue weighted by Gasteiger charge is -2.22. The Kier molecular flexibility index (Phi) is 7.63. The molecule has 1 fully saturated rings. The van der Waals surface area contributed by atoms with Crippen LogP contribution in [-0.2, 0) is 23.4 Å². The van der Waals surface area contributed by atoms with Gasteiger partial charge in [0.15, 0.2) is 11.5 Å². The molecule has 4 N–H and O–H groups in total. The molecule has 0 bridgehead atoms. The number of benzene rings is 1. The number of nitrogens with two attached hydrogens (primary N) is 1. The maximum atomic E-state index is 13.4. The van der Waals surface area contributed by atoms with Gasteiger partial charge in [0, 0.05) is 6.42 Å². The number of hydrogen-bond donors (Lipinski definition) is 3. The topological polar surface area (TPSA) is 173 Å². The first-order valence-electron chi connectivity index (χ1n) is 10.9. The second kappa shape index (κ2) is 10.7. The maximum absolute atomic E-state index is 13.4. The fourth-order valence-electron chi connectivity index (χ4n) is 3.48. The largest absolute Gasteiger partial charge is 0.462 e. The van der Waals surface area contributed by atoms with E-state index in [-0.39, 0.29) is 30.7 Å². The zero-order valence-electron chi connectivity index (χ0n) is 19.2. The van der Waals surface area contributed by atoms with Crippen molar-refractivity contribution in [2.24, 2.45) is 0 Å². The van der Waals surface area contributed by atoms with Crippen LogP contribution in [0.4, 0.5) is 5.82 Å². The SMILES string of the molecule is CC(C)OC(=O)CNP(=O)(OCC1O[C@@H](n2cnc3c(N)ncnc32)C[C@H]1O)Oc1ccccc1. The number of ether oxygens (including phenoxy) is 2. The molecule has 1 saturated heterocycles. The van der Waals surface area contributed by atoms with Gasteiger partial charge in [-0.1, -0.05) is 18.2 Å². The first-order chi connectivity index (χ1) is 16.7. The molecule has 3 heterocycles. The van der Waals surface area contributed by atoms with E-state index < -0.39 is 38.7 Å². The van der Waals surface area contributed by atoms with Crippen LogP contribution in [0.2, 0.25) is 0 Å². The van der Waals surface area contributed by atoms with Crippen molar-refractivity contribution >= 4 is 30.7 Å². The third-order valence-electron chi connectivity index (χ3n) is 5.06. The number of nitrogen functional groups attached to an aromatic ring is 1. The van der Waals surface area contributed by atoms with Crippen molar-refractivity contribution in [2.75, 3.05) is 18.9 Å². The Hall–Kier alpha value is -3.09. The molecule has 0 saturated carbocycles. The summed E-state index contributed by atoms with van der Waals surface area (Å²) in [7, 11) is -4.04. The van der Waals surface area contributed by atoms with E-state index in [2.05, 4.69) is 20.0 Å². The minimum atomic E-state index is -4.04. The van der Waals surface area contributed by atoms with Gasteiger partial charge in [0.1, 0.15) is 36.5 Å². The molecule has 13 nitrogen and oxygen atoms in total. The lowest BCUT2D eigenvalue weighted by atomic mass is 10.2. The highest BCUT2D eigenvalue weighted by atomic mass is 31.2. The van der Waals surface area contributed by atoms with Crippen LogP contribution >= 0.6 is 7.75 Å². The lowest BCUT2D eigenvalue weighted by molar-refractivity contribution is -0.146. The second-order valence-electron chi connectivity index (χ2n) is 8.09. The number of aromatic nitrogens is 4. The van der Waals surface area contributed by atoms with Crippen LogP contribution in [0, 0.1) is 0 Å². The van der Waals surface area contributed by atoms with E-state index >= 15 is 0 Å². The predicted molar refractivity (Wildman–Crippen MR) is 124 cm³/mol. The lowest BCUT2D eigenvalue weighted by Crippen LogP contribution is -2.30. The summed E-state index contributed by atoms with van der Waals surface area (Å²) in [5.41, 5.74) is 6.71. The second-order valence-corrected chi connectivity index (χ2v) is 9.84. The third-order valence-corrected chi connectivity index (χ3v) is 6.55. The van der Waals surface area contributed by atoms with E-state index in [1.165, 1.54) is 12.7 Å². The highest BCUT2D eigenvalue weighted by Gasteiger charge is 2.39. The number of nitrogens with zero attached hydrogens (tertiary/aromatic N) is 4. The molecule has 1 aromatic carbocycles. The number of anilines is 1. The number of fused-ring (bicyclic) bond motifs is 1. The molecule has 1 aliphatic heterocycles. The van der Waals surface area contributed by atoms with E-state index in [0.29, 0.717) is 11.2 Å². The van der Waals surface area contributed by atoms with Crippen molar-refractivity contribution in [3.8, 4) is 5.75 Å². The van der Waals surface area contributed by atoms with Gasteiger partial charge in [0.05, 0.1) is 25.1 Å². The van der Waals surface area contributed by atoms with Gasteiger partial charge in [-0.3, -0.25) is 13.9 Å². The number of carbonyl (C=O) groups is 1. The van der Waals surface area contributed by atoms with Gasteiger partial charge < -0.3 is 24.8 Å². The Morgan fingerprint density at radius 3 is 2.83 bits per heavy atom. The quantitative estimate of drug-likeness (QED) is 0.269. The molecule has 0 spiro atoms. The van der Waals surface area contributed by atoms with Gasteiger partial charge >= 0.3 is 13.7 Å². The molecule has 2 aromatic heterocycles. The Morgan fingerprint density at radius 2 is 2.09 bits per heavy atom. The Balaban J connectivity index is 1.43. The highest BCUT2D eigenvalue weighted by Crippen LogP contribution is 2.45. The molecule has 2 unspecified atom stereocenters. The van der Waals surface area contributed by atoms with Crippen molar-refractivity contribution < 1.29 is 33.0 Å². The average molecular weight is 506 g/mol. The van der Waals surface area contributed by atoms with Crippen LogP contribution in [0.3, 0.4) is 0 Å². The first-order valence-corrected chi connectivity index (χ1v) is 12.5.